The molecular weight excluding hydrogens is 372 g/mol. The summed E-state index contributed by atoms with van der Waals surface area (Å²) in [5.74, 6) is 0.743. The van der Waals surface area contributed by atoms with E-state index in [-0.39, 0.29) is 5.41 Å². The second-order valence-corrected chi connectivity index (χ2v) is 9.51. The molecule has 2 aromatic carbocycles. The molecule has 0 saturated heterocycles. The lowest BCUT2D eigenvalue weighted by molar-refractivity contribution is 0.520. The Morgan fingerprint density at radius 3 is 2.21 bits per heavy atom. The Balaban J connectivity index is 1.55. The molecule has 2 aromatic rings. The van der Waals surface area contributed by atoms with Gasteiger partial charge in [0.15, 0.2) is 5.96 Å². The first kappa shape index (κ1) is 20.4. The smallest absolute Gasteiger partial charge is 0.242 e. The molecule has 150 valence electrons. The minimum absolute atomic E-state index is 0.209. The molecule has 0 heterocycles. The quantitative estimate of drug-likeness (QED) is 0.553. The topological polar surface area (TPSA) is 73.8 Å². The van der Waals surface area contributed by atoms with Crippen molar-refractivity contribution in [2.45, 2.75) is 29.7 Å². The fourth-order valence-corrected chi connectivity index (χ4v) is 4.06. The molecule has 1 saturated carbocycles. The first-order chi connectivity index (χ1) is 13.4. The number of nitrogens with one attached hydrogen (secondary N) is 2. The summed E-state index contributed by atoms with van der Waals surface area (Å²) in [6.45, 7) is 1.41. The first-order valence-corrected chi connectivity index (χ1v) is 10.8. The van der Waals surface area contributed by atoms with Crippen LogP contribution in [0.3, 0.4) is 0 Å². The van der Waals surface area contributed by atoms with Gasteiger partial charge in [-0.3, -0.25) is 4.99 Å². The summed E-state index contributed by atoms with van der Waals surface area (Å²) in [6.07, 6.45) is 2.37. The third-order valence-electron chi connectivity index (χ3n) is 5.22. The second-order valence-electron chi connectivity index (χ2n) is 7.36. The van der Waals surface area contributed by atoms with Gasteiger partial charge in [0, 0.05) is 39.6 Å². The molecule has 7 heteroatoms. The molecule has 0 amide bonds. The fraction of sp³-hybridized carbons (Fsp3) is 0.381. The van der Waals surface area contributed by atoms with Gasteiger partial charge in [-0.1, -0.05) is 42.5 Å². The van der Waals surface area contributed by atoms with Gasteiger partial charge in [-0.2, -0.15) is 0 Å². The van der Waals surface area contributed by atoms with Gasteiger partial charge in [0.05, 0.1) is 4.90 Å². The third-order valence-corrected chi connectivity index (χ3v) is 7.05. The van der Waals surface area contributed by atoms with Crippen molar-refractivity contribution in [3.05, 3.63) is 65.7 Å². The van der Waals surface area contributed by atoms with Crippen molar-refractivity contribution in [1.29, 1.82) is 0 Å². The standard InChI is InChI=1S/C21H28N4O2S/c1-22-20(24-16-21(13-14-21)18-7-5-4-6-8-18)23-15-17-9-11-19(12-10-17)28(26,27)25(2)3/h4-12H,13-16H2,1-3H3,(H2,22,23,24). The van der Waals surface area contributed by atoms with Crippen molar-refractivity contribution in [3.8, 4) is 0 Å². The zero-order valence-corrected chi connectivity index (χ0v) is 17.5. The van der Waals surface area contributed by atoms with Crippen LogP contribution in [0.5, 0.6) is 0 Å². The Morgan fingerprint density at radius 1 is 1.04 bits per heavy atom. The van der Waals surface area contributed by atoms with Crippen LogP contribution in [0.1, 0.15) is 24.0 Å². The molecule has 1 fully saturated rings. The summed E-state index contributed by atoms with van der Waals surface area (Å²) < 4.78 is 25.5. The van der Waals surface area contributed by atoms with Crippen molar-refractivity contribution >= 4 is 16.0 Å². The van der Waals surface area contributed by atoms with E-state index in [0.717, 1.165) is 18.1 Å². The van der Waals surface area contributed by atoms with E-state index in [0.29, 0.717) is 11.4 Å². The van der Waals surface area contributed by atoms with E-state index in [1.54, 1.807) is 19.2 Å². The Bertz CT molecular complexity index is 919. The maximum Gasteiger partial charge on any atom is 0.242 e. The van der Waals surface area contributed by atoms with E-state index >= 15 is 0 Å². The molecule has 0 aromatic heterocycles. The molecular formula is C21H28N4O2S. The normalized spacial score (nSPS) is 16.1. The maximum atomic E-state index is 12.1. The zero-order chi connectivity index (χ0) is 20.2. The van der Waals surface area contributed by atoms with Crippen LogP contribution in [0.2, 0.25) is 0 Å². The van der Waals surface area contributed by atoms with Crippen LogP contribution >= 0.6 is 0 Å². The number of guanidine groups is 1. The average molecular weight is 401 g/mol. The predicted octanol–water partition coefficient (Wildman–Crippen LogP) is 2.33. The molecule has 2 N–H and O–H groups in total. The molecule has 1 aliphatic rings. The highest BCUT2D eigenvalue weighted by atomic mass is 32.2. The lowest BCUT2D eigenvalue weighted by Gasteiger charge is -2.19. The minimum atomic E-state index is -3.40. The molecule has 1 aliphatic carbocycles. The minimum Gasteiger partial charge on any atom is -0.356 e. The van der Waals surface area contributed by atoms with Crippen LogP contribution in [-0.2, 0) is 22.0 Å². The van der Waals surface area contributed by atoms with E-state index in [1.807, 2.05) is 18.2 Å². The first-order valence-electron chi connectivity index (χ1n) is 9.39. The van der Waals surface area contributed by atoms with Gasteiger partial charge in [0.1, 0.15) is 0 Å². The number of rotatable bonds is 7. The zero-order valence-electron chi connectivity index (χ0n) is 16.6. The Hall–Kier alpha value is -2.38. The molecule has 6 nitrogen and oxygen atoms in total. The number of hydrogen-bond donors (Lipinski definition) is 2. The molecule has 0 bridgehead atoms. The van der Waals surface area contributed by atoms with Crippen molar-refractivity contribution in [2.75, 3.05) is 27.7 Å². The number of hydrogen-bond acceptors (Lipinski definition) is 3. The van der Waals surface area contributed by atoms with Gasteiger partial charge in [-0.15, -0.1) is 0 Å². The number of nitrogens with zero attached hydrogens (tertiary/aromatic N) is 2. The van der Waals surface area contributed by atoms with Gasteiger partial charge in [-0.25, -0.2) is 12.7 Å². The highest BCUT2D eigenvalue weighted by Gasteiger charge is 2.43. The van der Waals surface area contributed by atoms with Crippen LogP contribution in [0.15, 0.2) is 64.5 Å². The van der Waals surface area contributed by atoms with E-state index in [9.17, 15) is 8.42 Å². The molecule has 0 radical (unpaired) electrons. The third kappa shape index (κ3) is 4.54. The Labute approximate surface area is 167 Å². The van der Waals surface area contributed by atoms with Crippen molar-refractivity contribution in [2.24, 2.45) is 4.99 Å². The summed E-state index contributed by atoms with van der Waals surface area (Å²) in [7, 11) is 1.42. The lowest BCUT2D eigenvalue weighted by Crippen LogP contribution is -2.40. The van der Waals surface area contributed by atoms with E-state index in [1.165, 1.54) is 36.8 Å². The van der Waals surface area contributed by atoms with Gasteiger partial charge in [-0.05, 0) is 36.1 Å². The summed E-state index contributed by atoms with van der Waals surface area (Å²) >= 11 is 0. The second kappa shape index (κ2) is 8.32. The summed E-state index contributed by atoms with van der Waals surface area (Å²) in [5, 5.41) is 6.73. The molecule has 0 unspecified atom stereocenters. The molecule has 0 atom stereocenters. The summed E-state index contributed by atoms with van der Waals surface area (Å²) in [6, 6.07) is 17.5. The molecule has 3 rings (SSSR count). The van der Waals surface area contributed by atoms with E-state index in [4.69, 9.17) is 0 Å². The number of benzene rings is 2. The van der Waals surface area contributed by atoms with E-state index in [2.05, 4.69) is 39.9 Å². The number of sulfonamides is 1. The van der Waals surface area contributed by atoms with Gasteiger partial charge >= 0.3 is 0 Å². The maximum absolute atomic E-state index is 12.1. The molecule has 0 spiro atoms. The van der Waals surface area contributed by atoms with Crippen LogP contribution in [-0.4, -0.2) is 46.4 Å². The summed E-state index contributed by atoms with van der Waals surface area (Å²) in [5.41, 5.74) is 2.57. The highest BCUT2D eigenvalue weighted by Crippen LogP contribution is 2.47. The Morgan fingerprint density at radius 2 is 1.68 bits per heavy atom. The summed E-state index contributed by atoms with van der Waals surface area (Å²) in [4.78, 5) is 4.59. The number of aliphatic imine (C=N–C) groups is 1. The van der Waals surface area contributed by atoms with Crippen molar-refractivity contribution in [3.63, 3.8) is 0 Å². The Kier molecular flexibility index (Phi) is 6.05. The predicted molar refractivity (Wildman–Crippen MR) is 113 cm³/mol. The van der Waals surface area contributed by atoms with Gasteiger partial charge in [0.25, 0.3) is 0 Å². The van der Waals surface area contributed by atoms with Crippen LogP contribution in [0, 0.1) is 0 Å². The SMILES string of the molecule is CN=C(NCc1ccc(S(=O)(=O)N(C)C)cc1)NCC1(c2ccccc2)CC1. The molecule has 28 heavy (non-hydrogen) atoms. The monoisotopic (exact) mass is 400 g/mol. The van der Waals surface area contributed by atoms with Crippen LogP contribution in [0.25, 0.3) is 0 Å². The molecule has 0 aliphatic heterocycles. The largest absolute Gasteiger partial charge is 0.356 e. The van der Waals surface area contributed by atoms with Crippen LogP contribution < -0.4 is 10.6 Å². The van der Waals surface area contributed by atoms with Crippen LogP contribution in [0.4, 0.5) is 0 Å². The lowest BCUT2D eigenvalue weighted by atomic mass is 9.96. The van der Waals surface area contributed by atoms with Crippen molar-refractivity contribution < 1.29 is 8.42 Å². The van der Waals surface area contributed by atoms with E-state index < -0.39 is 10.0 Å². The average Bonchev–Trinajstić information content (AvgIpc) is 3.50. The van der Waals surface area contributed by atoms with Gasteiger partial charge in [0.2, 0.25) is 10.0 Å². The van der Waals surface area contributed by atoms with Crippen molar-refractivity contribution in [1.82, 2.24) is 14.9 Å². The van der Waals surface area contributed by atoms with Gasteiger partial charge < -0.3 is 10.6 Å². The highest BCUT2D eigenvalue weighted by molar-refractivity contribution is 7.89. The fourth-order valence-electron chi connectivity index (χ4n) is 3.16.